The minimum Gasteiger partial charge on any atom is -0.241 e. The highest BCUT2D eigenvalue weighted by Gasteiger charge is 2.33. The molecule has 1 heterocycles. The molecule has 0 amide bonds. The summed E-state index contributed by atoms with van der Waals surface area (Å²) in [4.78, 5) is 9.88. The van der Waals surface area contributed by atoms with Crippen molar-refractivity contribution < 1.29 is 0 Å². The van der Waals surface area contributed by atoms with Gasteiger partial charge in [0.15, 0.2) is 0 Å². The Bertz CT molecular complexity index is 684. The molecule has 0 aliphatic heterocycles. The Balaban J connectivity index is 1.37. The van der Waals surface area contributed by atoms with E-state index in [-0.39, 0.29) is 0 Å². The monoisotopic (exact) mass is 539 g/mol. The molecule has 2 saturated carbocycles. The zero-order valence-corrected chi connectivity index (χ0v) is 26.5. The van der Waals surface area contributed by atoms with Crippen molar-refractivity contribution in [3.8, 4) is 0 Å². The maximum atomic E-state index is 4.94. The molecule has 1 aromatic heterocycles. The molecule has 224 valence electrons. The second-order valence-corrected chi connectivity index (χ2v) is 13.7. The van der Waals surface area contributed by atoms with Gasteiger partial charge in [0, 0.05) is 18.8 Å². The Labute approximate surface area is 244 Å². The van der Waals surface area contributed by atoms with Gasteiger partial charge < -0.3 is 0 Å². The molecule has 1 atom stereocenters. The van der Waals surface area contributed by atoms with E-state index in [1.54, 1.807) is 0 Å². The molecule has 2 heteroatoms. The standard InChI is InChI=1S/C37H66N2/c1-3-5-7-9-10-11-12-13-15-18-22-33-30-38-37(39-31-33)29-36(34-23-19-16-20-24-34)35-27-25-32(26-28-35)21-17-14-8-6-4-2/h30-32,34-36H,3-29H2,1-2H3. The van der Waals surface area contributed by atoms with Gasteiger partial charge in [-0.25, -0.2) is 9.97 Å². The van der Waals surface area contributed by atoms with Crippen LogP contribution in [-0.4, -0.2) is 9.97 Å². The van der Waals surface area contributed by atoms with Crippen LogP contribution in [0.1, 0.15) is 186 Å². The third-order valence-electron chi connectivity index (χ3n) is 10.5. The third kappa shape index (κ3) is 13.5. The van der Waals surface area contributed by atoms with Crippen molar-refractivity contribution in [2.45, 2.75) is 187 Å². The normalized spacial score (nSPS) is 21.3. The van der Waals surface area contributed by atoms with Crippen molar-refractivity contribution >= 4 is 0 Å². The van der Waals surface area contributed by atoms with E-state index in [1.165, 1.54) is 166 Å². The molecule has 3 rings (SSSR count). The zero-order chi connectivity index (χ0) is 27.4. The summed E-state index contributed by atoms with van der Waals surface area (Å²) in [5, 5.41) is 0. The average molecular weight is 539 g/mol. The molecule has 0 N–H and O–H groups in total. The summed E-state index contributed by atoms with van der Waals surface area (Å²) in [6.07, 6.45) is 42.5. The average Bonchev–Trinajstić information content (AvgIpc) is 2.98. The molecule has 0 aromatic carbocycles. The van der Waals surface area contributed by atoms with E-state index >= 15 is 0 Å². The maximum absolute atomic E-state index is 4.94. The van der Waals surface area contributed by atoms with Gasteiger partial charge in [0.2, 0.25) is 0 Å². The Morgan fingerprint density at radius 1 is 0.590 bits per heavy atom. The van der Waals surface area contributed by atoms with Gasteiger partial charge >= 0.3 is 0 Å². The van der Waals surface area contributed by atoms with Crippen molar-refractivity contribution in [1.82, 2.24) is 9.97 Å². The minimum atomic E-state index is 0.823. The summed E-state index contributed by atoms with van der Waals surface area (Å²) >= 11 is 0. The van der Waals surface area contributed by atoms with Crippen molar-refractivity contribution in [3.63, 3.8) is 0 Å². The molecule has 2 nitrogen and oxygen atoms in total. The summed E-state index contributed by atoms with van der Waals surface area (Å²) < 4.78 is 0. The van der Waals surface area contributed by atoms with Gasteiger partial charge in [0.05, 0.1) is 0 Å². The molecule has 2 fully saturated rings. The first-order valence-corrected chi connectivity index (χ1v) is 18.1. The summed E-state index contributed by atoms with van der Waals surface area (Å²) in [5.41, 5.74) is 1.35. The first-order valence-electron chi connectivity index (χ1n) is 18.1. The van der Waals surface area contributed by atoms with Crippen LogP contribution in [0, 0.1) is 23.7 Å². The van der Waals surface area contributed by atoms with Crippen LogP contribution in [0.5, 0.6) is 0 Å². The number of hydrogen-bond acceptors (Lipinski definition) is 2. The smallest absolute Gasteiger partial charge is 0.128 e. The first-order chi connectivity index (χ1) is 19.3. The fourth-order valence-electron chi connectivity index (χ4n) is 7.87. The largest absolute Gasteiger partial charge is 0.241 e. The summed E-state index contributed by atoms with van der Waals surface area (Å²) in [6.45, 7) is 4.62. The van der Waals surface area contributed by atoms with Crippen LogP contribution in [0.25, 0.3) is 0 Å². The van der Waals surface area contributed by atoms with Gasteiger partial charge in [-0.2, -0.15) is 0 Å². The van der Waals surface area contributed by atoms with Crippen molar-refractivity contribution in [1.29, 1.82) is 0 Å². The highest BCUT2D eigenvalue weighted by Crippen LogP contribution is 2.43. The van der Waals surface area contributed by atoms with Crippen LogP contribution in [0.15, 0.2) is 12.4 Å². The Kier molecular flexibility index (Phi) is 17.5. The highest BCUT2D eigenvalue weighted by atomic mass is 14.9. The van der Waals surface area contributed by atoms with Gasteiger partial charge in [-0.05, 0) is 54.9 Å². The number of aromatic nitrogens is 2. The van der Waals surface area contributed by atoms with Crippen LogP contribution >= 0.6 is 0 Å². The number of rotatable bonds is 21. The number of nitrogens with zero attached hydrogens (tertiary/aromatic N) is 2. The van der Waals surface area contributed by atoms with Gasteiger partial charge in [-0.3, -0.25) is 0 Å². The van der Waals surface area contributed by atoms with Crippen LogP contribution in [0.3, 0.4) is 0 Å². The van der Waals surface area contributed by atoms with Gasteiger partial charge in [-0.1, -0.05) is 155 Å². The van der Waals surface area contributed by atoms with Crippen molar-refractivity contribution in [2.24, 2.45) is 23.7 Å². The molecular formula is C37H66N2. The second kappa shape index (κ2) is 20.9. The van der Waals surface area contributed by atoms with E-state index < -0.39 is 0 Å². The fraction of sp³-hybridized carbons (Fsp3) is 0.892. The second-order valence-electron chi connectivity index (χ2n) is 13.7. The Morgan fingerprint density at radius 2 is 1.10 bits per heavy atom. The summed E-state index contributed by atoms with van der Waals surface area (Å²) in [7, 11) is 0. The third-order valence-corrected chi connectivity index (χ3v) is 10.5. The molecule has 2 aliphatic carbocycles. The Hall–Kier alpha value is -0.920. The molecule has 0 bridgehead atoms. The first kappa shape index (κ1) is 32.6. The summed E-state index contributed by atoms with van der Waals surface area (Å²) in [5.74, 6) is 4.80. The lowest BCUT2D eigenvalue weighted by molar-refractivity contribution is 0.121. The topological polar surface area (TPSA) is 25.8 Å². The van der Waals surface area contributed by atoms with Gasteiger partial charge in [0.1, 0.15) is 5.82 Å². The SMILES string of the molecule is CCCCCCCCCCCCc1cnc(CC(C2CCCCC2)C2CCC(CCCCCCC)CC2)nc1. The van der Waals surface area contributed by atoms with E-state index in [9.17, 15) is 0 Å². The van der Waals surface area contributed by atoms with E-state index in [4.69, 9.17) is 9.97 Å². The Morgan fingerprint density at radius 3 is 1.69 bits per heavy atom. The number of aryl methyl sites for hydroxylation is 1. The van der Waals surface area contributed by atoms with Crippen LogP contribution in [0.4, 0.5) is 0 Å². The number of hydrogen-bond donors (Lipinski definition) is 0. The molecule has 0 saturated heterocycles. The summed E-state index contributed by atoms with van der Waals surface area (Å²) in [6, 6.07) is 0. The van der Waals surface area contributed by atoms with Crippen LogP contribution in [0.2, 0.25) is 0 Å². The van der Waals surface area contributed by atoms with Gasteiger partial charge in [0.25, 0.3) is 0 Å². The molecular weight excluding hydrogens is 472 g/mol. The quantitative estimate of drug-likeness (QED) is 0.145. The van der Waals surface area contributed by atoms with Crippen molar-refractivity contribution in [3.05, 3.63) is 23.8 Å². The van der Waals surface area contributed by atoms with E-state index in [1.807, 2.05) is 0 Å². The molecule has 0 radical (unpaired) electrons. The van der Waals surface area contributed by atoms with Gasteiger partial charge in [-0.15, -0.1) is 0 Å². The highest BCUT2D eigenvalue weighted by molar-refractivity contribution is 5.06. The number of unbranched alkanes of at least 4 members (excludes halogenated alkanes) is 13. The molecule has 1 unspecified atom stereocenters. The molecule has 0 spiro atoms. The van der Waals surface area contributed by atoms with Crippen LogP contribution < -0.4 is 0 Å². The maximum Gasteiger partial charge on any atom is 0.128 e. The predicted molar refractivity (Wildman–Crippen MR) is 170 cm³/mol. The zero-order valence-electron chi connectivity index (χ0n) is 26.5. The fourth-order valence-corrected chi connectivity index (χ4v) is 7.87. The van der Waals surface area contributed by atoms with Crippen molar-refractivity contribution in [2.75, 3.05) is 0 Å². The lowest BCUT2D eigenvalue weighted by Crippen LogP contribution is -2.31. The lowest BCUT2D eigenvalue weighted by Gasteiger charge is -2.39. The van der Waals surface area contributed by atoms with E-state index in [2.05, 4.69) is 26.2 Å². The molecule has 2 aliphatic rings. The predicted octanol–water partition coefficient (Wildman–Crippen LogP) is 11.8. The van der Waals surface area contributed by atoms with E-state index in [0.29, 0.717) is 0 Å². The lowest BCUT2D eigenvalue weighted by atomic mass is 9.66. The van der Waals surface area contributed by atoms with Crippen LogP contribution in [-0.2, 0) is 12.8 Å². The molecule has 39 heavy (non-hydrogen) atoms. The van der Waals surface area contributed by atoms with E-state index in [0.717, 1.165) is 42.3 Å². The molecule has 1 aromatic rings. The minimum absolute atomic E-state index is 0.823.